The lowest BCUT2D eigenvalue weighted by atomic mass is 9.98. The summed E-state index contributed by atoms with van der Waals surface area (Å²) in [6, 6.07) is 5.05. The number of hydrogen-bond donors (Lipinski definition) is 0. The van der Waals surface area contributed by atoms with Gasteiger partial charge in [-0.15, -0.1) is 0 Å². The molecule has 0 saturated heterocycles. The molecule has 1 heterocycles. The third-order valence-corrected chi connectivity index (χ3v) is 3.21. The SMILES string of the molecule is CC1=[N+](C)c2ccc([N+](=O)[O-])cc2C1C. The van der Waals surface area contributed by atoms with E-state index >= 15 is 0 Å². The van der Waals surface area contributed by atoms with Crippen LogP contribution in [0.5, 0.6) is 0 Å². The maximum Gasteiger partial charge on any atom is 0.270 e. The van der Waals surface area contributed by atoms with Crippen molar-refractivity contribution in [3.05, 3.63) is 33.9 Å². The van der Waals surface area contributed by atoms with Gasteiger partial charge < -0.3 is 0 Å². The number of fused-ring (bicyclic) bond motifs is 1. The largest absolute Gasteiger partial charge is 0.270 e. The number of hydrogen-bond acceptors (Lipinski definition) is 2. The minimum Gasteiger partial charge on any atom is -0.258 e. The van der Waals surface area contributed by atoms with Crippen LogP contribution in [0.1, 0.15) is 25.3 Å². The van der Waals surface area contributed by atoms with Crippen molar-refractivity contribution in [2.24, 2.45) is 0 Å². The molecule has 0 aliphatic carbocycles. The van der Waals surface area contributed by atoms with Gasteiger partial charge in [0.2, 0.25) is 5.69 Å². The third-order valence-electron chi connectivity index (χ3n) is 3.21. The predicted molar refractivity (Wildman–Crippen MR) is 58.0 cm³/mol. The first-order valence-corrected chi connectivity index (χ1v) is 4.88. The van der Waals surface area contributed by atoms with Gasteiger partial charge in [-0.1, -0.05) is 0 Å². The van der Waals surface area contributed by atoms with Crippen molar-refractivity contribution in [3.63, 3.8) is 0 Å². The average Bonchev–Trinajstić information content (AvgIpc) is 2.44. The Hall–Kier alpha value is -1.71. The second-order valence-corrected chi connectivity index (χ2v) is 3.92. The van der Waals surface area contributed by atoms with Gasteiger partial charge in [0.1, 0.15) is 7.05 Å². The van der Waals surface area contributed by atoms with Gasteiger partial charge in [0.15, 0.2) is 5.71 Å². The molecule has 1 aliphatic heterocycles. The molecule has 0 radical (unpaired) electrons. The quantitative estimate of drug-likeness (QED) is 0.401. The van der Waals surface area contributed by atoms with Crippen LogP contribution in [0.25, 0.3) is 0 Å². The molecule has 1 aromatic rings. The summed E-state index contributed by atoms with van der Waals surface area (Å²) in [7, 11) is 1.99. The number of non-ortho nitro benzene ring substituents is 1. The van der Waals surface area contributed by atoms with Crippen LogP contribution in [0, 0.1) is 10.1 Å². The standard InChI is InChI=1S/C11H13N2O2/c1-7-8(2)12(3)11-5-4-9(13(14)15)6-10(7)11/h4-7H,1-3H3/q+1. The molecule has 15 heavy (non-hydrogen) atoms. The first-order valence-electron chi connectivity index (χ1n) is 4.88. The zero-order valence-electron chi connectivity index (χ0n) is 9.02. The van der Waals surface area contributed by atoms with Gasteiger partial charge in [-0.05, 0) is 6.92 Å². The summed E-state index contributed by atoms with van der Waals surface area (Å²) in [5.74, 6) is 0.268. The molecule has 1 aliphatic rings. The molecule has 0 spiro atoms. The lowest BCUT2D eigenvalue weighted by molar-refractivity contribution is -0.403. The molecule has 4 nitrogen and oxygen atoms in total. The maximum atomic E-state index is 10.7. The molecule has 0 amide bonds. The van der Waals surface area contributed by atoms with Crippen LogP contribution in [0.4, 0.5) is 11.4 Å². The maximum absolute atomic E-state index is 10.7. The third kappa shape index (κ3) is 1.33. The topological polar surface area (TPSA) is 46.1 Å². The Morgan fingerprint density at radius 1 is 1.47 bits per heavy atom. The van der Waals surface area contributed by atoms with Gasteiger partial charge in [0.25, 0.3) is 5.69 Å². The summed E-state index contributed by atoms with van der Waals surface area (Å²) in [5, 5.41) is 10.7. The van der Waals surface area contributed by atoms with E-state index < -0.39 is 0 Å². The van der Waals surface area contributed by atoms with Crippen LogP contribution in [-0.4, -0.2) is 22.3 Å². The zero-order valence-corrected chi connectivity index (χ0v) is 9.02. The minimum absolute atomic E-state index is 0.170. The van der Waals surface area contributed by atoms with E-state index in [1.165, 1.54) is 5.71 Å². The molecule has 0 aromatic heterocycles. The molecular formula is C11H13N2O2+. The number of nitro groups is 1. The molecule has 1 aromatic carbocycles. The van der Waals surface area contributed by atoms with E-state index in [-0.39, 0.29) is 16.5 Å². The van der Waals surface area contributed by atoms with E-state index in [9.17, 15) is 10.1 Å². The molecular weight excluding hydrogens is 192 g/mol. The Kier molecular flexibility index (Phi) is 2.07. The van der Waals surface area contributed by atoms with E-state index in [1.807, 2.05) is 13.1 Å². The van der Waals surface area contributed by atoms with Crippen LogP contribution in [0.15, 0.2) is 18.2 Å². The van der Waals surface area contributed by atoms with Crippen molar-refractivity contribution in [3.8, 4) is 0 Å². The molecule has 1 unspecified atom stereocenters. The average molecular weight is 205 g/mol. The van der Waals surface area contributed by atoms with Gasteiger partial charge in [-0.2, -0.15) is 0 Å². The predicted octanol–water partition coefficient (Wildman–Crippen LogP) is 2.45. The second kappa shape index (κ2) is 3.15. The lowest BCUT2D eigenvalue weighted by Crippen LogP contribution is -2.06. The van der Waals surface area contributed by atoms with E-state index in [0.29, 0.717) is 0 Å². The highest BCUT2D eigenvalue weighted by Crippen LogP contribution is 2.36. The number of rotatable bonds is 1. The van der Waals surface area contributed by atoms with Crippen molar-refractivity contribution in [1.29, 1.82) is 0 Å². The molecule has 4 heteroatoms. The van der Waals surface area contributed by atoms with Crippen LogP contribution >= 0.6 is 0 Å². The van der Waals surface area contributed by atoms with Crippen LogP contribution in [-0.2, 0) is 0 Å². The van der Waals surface area contributed by atoms with Gasteiger partial charge in [0.05, 0.1) is 10.8 Å². The fourth-order valence-electron chi connectivity index (χ4n) is 2.01. The van der Waals surface area contributed by atoms with Crippen LogP contribution in [0.3, 0.4) is 0 Å². The highest BCUT2D eigenvalue weighted by Gasteiger charge is 2.32. The van der Waals surface area contributed by atoms with Crippen molar-refractivity contribution in [2.45, 2.75) is 19.8 Å². The number of nitrogens with zero attached hydrogens (tertiary/aromatic N) is 2. The zero-order chi connectivity index (χ0) is 11.2. The van der Waals surface area contributed by atoms with Crippen molar-refractivity contribution >= 4 is 17.1 Å². The van der Waals surface area contributed by atoms with Crippen molar-refractivity contribution < 1.29 is 9.50 Å². The first-order chi connectivity index (χ1) is 7.02. The Balaban J connectivity index is 2.58. The van der Waals surface area contributed by atoms with Crippen LogP contribution in [0.2, 0.25) is 0 Å². The Morgan fingerprint density at radius 2 is 2.13 bits per heavy atom. The Morgan fingerprint density at radius 3 is 2.73 bits per heavy atom. The number of nitro benzene ring substituents is 1. The first kappa shape index (κ1) is 9.83. The molecule has 0 saturated carbocycles. The van der Waals surface area contributed by atoms with Gasteiger partial charge >= 0.3 is 0 Å². The van der Waals surface area contributed by atoms with E-state index in [4.69, 9.17) is 0 Å². The molecule has 0 fully saturated rings. The van der Waals surface area contributed by atoms with Gasteiger partial charge in [0, 0.05) is 30.7 Å². The van der Waals surface area contributed by atoms with E-state index in [2.05, 4.69) is 18.4 Å². The van der Waals surface area contributed by atoms with Crippen molar-refractivity contribution in [2.75, 3.05) is 7.05 Å². The summed E-state index contributed by atoms with van der Waals surface area (Å²) in [6.07, 6.45) is 0. The summed E-state index contributed by atoms with van der Waals surface area (Å²) < 4.78 is 2.09. The fraction of sp³-hybridized carbons (Fsp3) is 0.364. The second-order valence-electron chi connectivity index (χ2n) is 3.92. The smallest absolute Gasteiger partial charge is 0.258 e. The molecule has 0 N–H and O–H groups in total. The number of benzene rings is 1. The summed E-state index contributed by atoms with van der Waals surface area (Å²) in [6.45, 7) is 4.12. The Labute approximate surface area is 88.0 Å². The summed E-state index contributed by atoms with van der Waals surface area (Å²) in [5.41, 5.74) is 3.52. The van der Waals surface area contributed by atoms with E-state index in [1.54, 1.807) is 12.1 Å². The van der Waals surface area contributed by atoms with Crippen LogP contribution < -0.4 is 0 Å². The monoisotopic (exact) mass is 205 g/mol. The fourth-order valence-corrected chi connectivity index (χ4v) is 2.01. The molecule has 0 bridgehead atoms. The minimum atomic E-state index is -0.347. The summed E-state index contributed by atoms with van der Waals surface area (Å²) in [4.78, 5) is 10.3. The molecule has 1 atom stereocenters. The highest BCUT2D eigenvalue weighted by molar-refractivity contribution is 5.89. The van der Waals surface area contributed by atoms with E-state index in [0.717, 1.165) is 11.3 Å². The van der Waals surface area contributed by atoms with Gasteiger partial charge in [-0.3, -0.25) is 10.1 Å². The Bertz CT molecular complexity index is 477. The van der Waals surface area contributed by atoms with Crippen molar-refractivity contribution in [1.82, 2.24) is 0 Å². The molecule has 78 valence electrons. The normalized spacial score (nSPS) is 19.3. The van der Waals surface area contributed by atoms with Gasteiger partial charge in [-0.25, -0.2) is 4.58 Å². The molecule has 2 rings (SSSR count). The lowest BCUT2D eigenvalue weighted by Gasteiger charge is -1.99. The highest BCUT2D eigenvalue weighted by atomic mass is 16.6. The summed E-state index contributed by atoms with van der Waals surface area (Å²) >= 11 is 0.